The van der Waals surface area contributed by atoms with E-state index in [1.807, 2.05) is 0 Å². The predicted molar refractivity (Wildman–Crippen MR) is 80.5 cm³/mol. The second kappa shape index (κ2) is 9.37. The highest BCUT2D eigenvalue weighted by Crippen LogP contribution is 2.20. The molecule has 0 aliphatic carbocycles. The second-order valence-electron chi connectivity index (χ2n) is 6.16. The van der Waals surface area contributed by atoms with Crippen molar-refractivity contribution >= 4 is 5.91 Å². The zero-order valence-electron chi connectivity index (χ0n) is 12.9. The molecule has 0 unspecified atom stereocenters. The quantitative estimate of drug-likeness (QED) is 0.841. The summed E-state index contributed by atoms with van der Waals surface area (Å²) in [7, 11) is 2.28. The van der Waals surface area contributed by atoms with Crippen LogP contribution in [-0.2, 0) is 4.79 Å². The number of rotatable bonds is 4. The third-order valence-corrected chi connectivity index (χ3v) is 3.57. The summed E-state index contributed by atoms with van der Waals surface area (Å²) >= 11 is 0. The summed E-state index contributed by atoms with van der Waals surface area (Å²) < 4.78 is 0. The van der Waals surface area contributed by atoms with E-state index in [0.29, 0.717) is 0 Å². The molecule has 2 N–H and O–H groups in total. The first-order valence-electron chi connectivity index (χ1n) is 7.34. The van der Waals surface area contributed by atoms with Crippen LogP contribution in [0.15, 0.2) is 0 Å². The van der Waals surface area contributed by atoms with Crippen LogP contribution >= 0.6 is 0 Å². The van der Waals surface area contributed by atoms with Gasteiger partial charge in [0.2, 0.25) is 5.91 Å². The smallest absolute Gasteiger partial charge is 0.219 e. The minimum atomic E-state index is -0.241. The van der Waals surface area contributed by atoms with Gasteiger partial charge in [0.15, 0.2) is 0 Å². The van der Waals surface area contributed by atoms with E-state index in [9.17, 15) is 4.79 Å². The number of piperidine rings is 1. The van der Waals surface area contributed by atoms with Crippen LogP contribution < -0.4 is 5.73 Å². The Labute approximate surface area is 115 Å². The third-order valence-electron chi connectivity index (χ3n) is 3.57. The minimum Gasteiger partial charge on any atom is -0.369 e. The molecule has 1 fully saturated rings. The molecule has 0 bridgehead atoms. The average molecular weight is 258 g/mol. The van der Waals surface area contributed by atoms with Gasteiger partial charge in [0.1, 0.15) is 0 Å². The van der Waals surface area contributed by atoms with Crippen LogP contribution in [0.1, 0.15) is 61.2 Å². The maximum atomic E-state index is 9.92. The second-order valence-corrected chi connectivity index (χ2v) is 6.16. The van der Waals surface area contributed by atoms with Gasteiger partial charge >= 0.3 is 0 Å². The van der Waals surface area contributed by atoms with Crippen LogP contribution in [0.5, 0.6) is 0 Å². The molecule has 0 aromatic heterocycles. The molecular weight excluding hydrogens is 224 g/mol. The summed E-state index contributed by atoms with van der Waals surface area (Å²) in [4.78, 5) is 12.5. The first kappa shape index (κ1) is 17.4. The highest BCUT2D eigenvalue weighted by Gasteiger charge is 2.18. The molecule has 0 saturated carbocycles. The van der Waals surface area contributed by atoms with E-state index in [2.05, 4.69) is 25.8 Å². The molecule has 18 heavy (non-hydrogen) atoms. The summed E-state index contributed by atoms with van der Waals surface area (Å²) in [5, 5.41) is 0. The van der Waals surface area contributed by atoms with Crippen LogP contribution in [0.4, 0.5) is 0 Å². The number of primary amides is 1. The van der Waals surface area contributed by atoms with Gasteiger partial charge in [0, 0.05) is 13.4 Å². The Morgan fingerprint density at radius 1 is 1.33 bits per heavy atom. The molecule has 0 aromatic carbocycles. The van der Waals surface area contributed by atoms with Crippen molar-refractivity contribution in [3.8, 4) is 0 Å². The topological polar surface area (TPSA) is 46.3 Å². The van der Waals surface area contributed by atoms with Crippen molar-refractivity contribution in [2.24, 2.45) is 17.6 Å². The zero-order valence-corrected chi connectivity index (χ0v) is 12.9. The SMILES string of the molecule is CC(C)C(N)=O.CC(C)CC[C@@H]1CCCCN1C.[HH]. The fraction of sp³-hybridized carbons (Fsp3) is 0.933. The van der Waals surface area contributed by atoms with E-state index >= 15 is 0 Å². The molecule has 1 heterocycles. The lowest BCUT2D eigenvalue weighted by molar-refractivity contribution is -0.120. The number of nitrogens with two attached hydrogens (primary N) is 1. The summed E-state index contributed by atoms with van der Waals surface area (Å²) in [5.41, 5.74) is 4.80. The predicted octanol–water partition coefficient (Wildman–Crippen LogP) is 3.28. The molecule has 3 nitrogen and oxygen atoms in total. The number of carbonyl (C=O) groups is 1. The Bertz CT molecular complexity index is 232. The van der Waals surface area contributed by atoms with Gasteiger partial charge in [0.05, 0.1) is 0 Å². The van der Waals surface area contributed by atoms with Crippen LogP contribution in [0.2, 0.25) is 0 Å². The molecule has 0 radical (unpaired) electrons. The molecule has 110 valence electrons. The first-order chi connectivity index (χ1) is 8.34. The zero-order chi connectivity index (χ0) is 14.1. The number of amides is 1. The Morgan fingerprint density at radius 2 is 1.89 bits per heavy atom. The Balaban J connectivity index is 0. The summed E-state index contributed by atoms with van der Waals surface area (Å²) in [6.07, 6.45) is 7.11. The van der Waals surface area contributed by atoms with Gasteiger partial charge in [0.25, 0.3) is 0 Å². The van der Waals surface area contributed by atoms with Gasteiger partial charge in [-0.3, -0.25) is 4.79 Å². The lowest BCUT2D eigenvalue weighted by atomic mass is 9.95. The molecule has 3 heteroatoms. The van der Waals surface area contributed by atoms with Gasteiger partial charge < -0.3 is 10.6 Å². The van der Waals surface area contributed by atoms with E-state index in [0.717, 1.165) is 12.0 Å². The van der Waals surface area contributed by atoms with Crippen LogP contribution in [-0.4, -0.2) is 30.4 Å². The van der Waals surface area contributed by atoms with Gasteiger partial charge in [-0.25, -0.2) is 0 Å². The van der Waals surface area contributed by atoms with E-state index < -0.39 is 0 Å². The molecular formula is C15H34N2O. The van der Waals surface area contributed by atoms with Crippen molar-refractivity contribution < 1.29 is 6.22 Å². The summed E-state index contributed by atoms with van der Waals surface area (Å²) in [5.74, 6) is 0.625. The van der Waals surface area contributed by atoms with Gasteiger partial charge in [-0.05, 0) is 45.2 Å². The fourth-order valence-electron chi connectivity index (χ4n) is 2.03. The van der Waals surface area contributed by atoms with Crippen molar-refractivity contribution in [1.82, 2.24) is 4.90 Å². The molecule has 1 atom stereocenters. The van der Waals surface area contributed by atoms with Crippen LogP contribution in [0.25, 0.3) is 0 Å². The molecule has 1 aliphatic heterocycles. The molecule has 1 saturated heterocycles. The highest BCUT2D eigenvalue weighted by atomic mass is 16.1. The first-order valence-corrected chi connectivity index (χ1v) is 7.34. The van der Waals surface area contributed by atoms with Crippen molar-refractivity contribution in [2.45, 2.75) is 65.8 Å². The standard InChI is InChI=1S/C11H23N.C4H9NO.H2/c1-10(2)7-8-11-6-4-5-9-12(11)3;1-3(2)4(5)6;/h10-11H,4-9H2,1-3H3;3H,1-2H3,(H2,5,6);1H/t11-;;/m0../s1. The van der Waals surface area contributed by atoms with Crippen LogP contribution in [0.3, 0.4) is 0 Å². The van der Waals surface area contributed by atoms with Crippen molar-refractivity contribution in [3.63, 3.8) is 0 Å². The summed E-state index contributed by atoms with van der Waals surface area (Å²) in [6, 6.07) is 0.890. The molecule has 1 rings (SSSR count). The number of nitrogens with zero attached hydrogens (tertiary/aromatic N) is 1. The molecule has 0 aromatic rings. The monoisotopic (exact) mass is 258 g/mol. The maximum absolute atomic E-state index is 9.92. The number of hydrogen-bond acceptors (Lipinski definition) is 2. The van der Waals surface area contributed by atoms with Gasteiger partial charge in [-0.1, -0.05) is 34.1 Å². The van der Waals surface area contributed by atoms with Gasteiger partial charge in [-0.15, -0.1) is 0 Å². The Hall–Kier alpha value is -0.570. The molecule has 1 amide bonds. The molecule has 0 spiro atoms. The van der Waals surface area contributed by atoms with E-state index in [-0.39, 0.29) is 13.3 Å². The Kier molecular flexibility index (Phi) is 9.08. The Morgan fingerprint density at radius 3 is 2.28 bits per heavy atom. The van der Waals surface area contributed by atoms with E-state index in [1.165, 1.54) is 38.6 Å². The third kappa shape index (κ3) is 8.51. The normalized spacial score (nSPS) is 20.7. The fourth-order valence-corrected chi connectivity index (χ4v) is 2.03. The lowest BCUT2D eigenvalue weighted by Gasteiger charge is -2.32. The average Bonchev–Trinajstić information content (AvgIpc) is 2.28. The van der Waals surface area contributed by atoms with Crippen molar-refractivity contribution in [3.05, 3.63) is 0 Å². The highest BCUT2D eigenvalue weighted by molar-refractivity contribution is 5.75. The maximum Gasteiger partial charge on any atom is 0.219 e. The number of likely N-dealkylation sites (tertiary alicyclic amines) is 1. The minimum absolute atomic E-state index is 0. The van der Waals surface area contributed by atoms with Crippen LogP contribution in [0, 0.1) is 11.8 Å². The van der Waals surface area contributed by atoms with E-state index in [4.69, 9.17) is 5.73 Å². The number of hydrogen-bond donors (Lipinski definition) is 1. The van der Waals surface area contributed by atoms with Gasteiger partial charge in [-0.2, -0.15) is 0 Å². The largest absolute Gasteiger partial charge is 0.369 e. The summed E-state index contributed by atoms with van der Waals surface area (Å²) in [6.45, 7) is 9.50. The van der Waals surface area contributed by atoms with Crippen molar-refractivity contribution in [1.29, 1.82) is 0 Å². The number of carbonyl (C=O) groups excluding carboxylic acids is 1. The lowest BCUT2D eigenvalue weighted by Crippen LogP contribution is -2.36. The molecule has 1 aliphatic rings. The van der Waals surface area contributed by atoms with Crippen molar-refractivity contribution in [2.75, 3.05) is 13.6 Å². The van der Waals surface area contributed by atoms with E-state index in [1.54, 1.807) is 13.8 Å².